The molecule has 0 heterocycles. The first-order valence-corrected chi connectivity index (χ1v) is 10.8. The third kappa shape index (κ3) is 4.75. The first-order valence-electron chi connectivity index (χ1n) is 10.8. The molecular weight excluding hydrogens is 408 g/mol. The summed E-state index contributed by atoms with van der Waals surface area (Å²) in [5, 5.41) is 8.61. The Kier molecular flexibility index (Phi) is 5.81. The van der Waals surface area contributed by atoms with Gasteiger partial charge >= 0.3 is 0 Å². The van der Waals surface area contributed by atoms with Gasteiger partial charge in [0.15, 0.2) is 0 Å². The highest BCUT2D eigenvalue weighted by atomic mass is 16.5. The van der Waals surface area contributed by atoms with Gasteiger partial charge in [0.05, 0.1) is 6.21 Å². The van der Waals surface area contributed by atoms with E-state index in [1.165, 1.54) is 10.8 Å². The molecule has 5 rings (SSSR count). The number of benzene rings is 5. The zero-order valence-corrected chi connectivity index (χ0v) is 17.9. The van der Waals surface area contributed by atoms with Crippen LogP contribution in [-0.2, 0) is 6.61 Å². The minimum absolute atomic E-state index is 0.243. The number of ether oxygens (including phenoxy) is 1. The molecule has 0 atom stereocenters. The highest BCUT2D eigenvalue weighted by Crippen LogP contribution is 2.21. The summed E-state index contributed by atoms with van der Waals surface area (Å²) in [6, 6.07) is 35.7. The van der Waals surface area contributed by atoms with E-state index in [0.29, 0.717) is 12.2 Å². The summed E-state index contributed by atoms with van der Waals surface area (Å²) < 4.78 is 5.98. The lowest BCUT2D eigenvalue weighted by atomic mass is 10.1. The molecule has 0 aromatic heterocycles. The minimum atomic E-state index is -0.243. The van der Waals surface area contributed by atoms with E-state index in [2.05, 4.69) is 34.8 Å². The molecule has 0 fully saturated rings. The summed E-state index contributed by atoms with van der Waals surface area (Å²) in [7, 11) is 0. The SMILES string of the molecule is O=C(N/N=C\c1ccc(OCc2cccc3ccccc23)cc1)c1ccc2ccccc2c1. The molecule has 5 aromatic rings. The fraction of sp³-hybridized carbons (Fsp3) is 0.0345. The van der Waals surface area contributed by atoms with Gasteiger partial charge in [-0.1, -0.05) is 72.8 Å². The molecule has 4 nitrogen and oxygen atoms in total. The number of rotatable bonds is 6. The summed E-state index contributed by atoms with van der Waals surface area (Å²) >= 11 is 0. The molecular formula is C29H22N2O2. The van der Waals surface area contributed by atoms with Crippen molar-refractivity contribution in [2.24, 2.45) is 5.10 Å². The average molecular weight is 431 g/mol. The third-order valence-electron chi connectivity index (χ3n) is 5.55. The van der Waals surface area contributed by atoms with Gasteiger partial charge < -0.3 is 4.74 Å². The van der Waals surface area contributed by atoms with Crippen molar-refractivity contribution in [3.63, 3.8) is 0 Å². The minimum Gasteiger partial charge on any atom is -0.489 e. The van der Waals surface area contributed by atoms with Crippen LogP contribution in [0.15, 0.2) is 114 Å². The Bertz CT molecular complexity index is 1450. The van der Waals surface area contributed by atoms with Gasteiger partial charge in [-0.15, -0.1) is 0 Å². The van der Waals surface area contributed by atoms with Crippen molar-refractivity contribution in [1.82, 2.24) is 5.43 Å². The molecule has 1 amide bonds. The normalized spacial score (nSPS) is 11.2. The first-order chi connectivity index (χ1) is 16.3. The van der Waals surface area contributed by atoms with Crippen LogP contribution in [0.4, 0.5) is 0 Å². The van der Waals surface area contributed by atoms with E-state index in [0.717, 1.165) is 27.6 Å². The van der Waals surface area contributed by atoms with Gasteiger partial charge in [0, 0.05) is 5.56 Å². The number of nitrogens with zero attached hydrogens (tertiary/aromatic N) is 1. The molecule has 0 unspecified atom stereocenters. The summed E-state index contributed by atoms with van der Waals surface area (Å²) in [6.07, 6.45) is 1.62. The van der Waals surface area contributed by atoms with Gasteiger partial charge in [0.1, 0.15) is 12.4 Å². The highest BCUT2D eigenvalue weighted by molar-refractivity contribution is 5.99. The van der Waals surface area contributed by atoms with E-state index < -0.39 is 0 Å². The fourth-order valence-corrected chi connectivity index (χ4v) is 3.79. The first kappa shape index (κ1) is 20.5. The Hall–Kier alpha value is -4.44. The van der Waals surface area contributed by atoms with Gasteiger partial charge in [0.25, 0.3) is 5.91 Å². The number of carbonyl (C=O) groups is 1. The van der Waals surface area contributed by atoms with Crippen molar-refractivity contribution in [2.45, 2.75) is 6.61 Å². The number of amides is 1. The number of hydrogen-bond donors (Lipinski definition) is 1. The van der Waals surface area contributed by atoms with Gasteiger partial charge in [-0.2, -0.15) is 5.10 Å². The predicted molar refractivity (Wildman–Crippen MR) is 134 cm³/mol. The molecule has 0 aliphatic rings. The van der Waals surface area contributed by atoms with Crippen LogP contribution in [0.25, 0.3) is 21.5 Å². The summed E-state index contributed by atoms with van der Waals surface area (Å²) in [6.45, 7) is 0.497. The molecule has 0 aliphatic carbocycles. The topological polar surface area (TPSA) is 50.7 Å². The summed E-state index contributed by atoms with van der Waals surface area (Å²) in [5.74, 6) is 0.535. The van der Waals surface area contributed by atoms with E-state index in [1.54, 1.807) is 12.3 Å². The predicted octanol–water partition coefficient (Wildman–Crippen LogP) is 6.34. The van der Waals surface area contributed by atoms with Crippen LogP contribution in [0.5, 0.6) is 5.75 Å². The van der Waals surface area contributed by atoms with Crippen molar-refractivity contribution >= 4 is 33.7 Å². The number of hydrogen-bond acceptors (Lipinski definition) is 3. The zero-order chi connectivity index (χ0) is 22.5. The van der Waals surface area contributed by atoms with E-state index >= 15 is 0 Å². The van der Waals surface area contributed by atoms with Gasteiger partial charge in [0.2, 0.25) is 0 Å². The van der Waals surface area contributed by atoms with Crippen molar-refractivity contribution in [3.8, 4) is 5.75 Å². The van der Waals surface area contributed by atoms with E-state index in [4.69, 9.17) is 4.74 Å². The molecule has 4 heteroatoms. The Morgan fingerprint density at radius 1 is 0.758 bits per heavy atom. The molecule has 160 valence electrons. The smallest absolute Gasteiger partial charge is 0.271 e. The Balaban J connectivity index is 1.19. The maximum Gasteiger partial charge on any atom is 0.271 e. The van der Waals surface area contributed by atoms with E-state index in [9.17, 15) is 4.79 Å². The molecule has 0 bridgehead atoms. The van der Waals surface area contributed by atoms with Crippen LogP contribution in [0, 0.1) is 0 Å². The second-order valence-electron chi connectivity index (χ2n) is 7.76. The lowest BCUT2D eigenvalue weighted by Gasteiger charge is -2.09. The lowest BCUT2D eigenvalue weighted by Crippen LogP contribution is -2.17. The van der Waals surface area contributed by atoms with Gasteiger partial charge in [-0.05, 0) is 69.1 Å². The Morgan fingerprint density at radius 2 is 1.48 bits per heavy atom. The molecule has 1 N–H and O–H groups in total. The average Bonchev–Trinajstić information content (AvgIpc) is 2.88. The zero-order valence-electron chi connectivity index (χ0n) is 17.9. The third-order valence-corrected chi connectivity index (χ3v) is 5.55. The Morgan fingerprint density at radius 3 is 2.33 bits per heavy atom. The lowest BCUT2D eigenvalue weighted by molar-refractivity contribution is 0.0955. The van der Waals surface area contributed by atoms with Gasteiger partial charge in [-0.25, -0.2) is 5.43 Å². The fourth-order valence-electron chi connectivity index (χ4n) is 3.79. The monoisotopic (exact) mass is 430 g/mol. The molecule has 5 aromatic carbocycles. The number of nitrogens with one attached hydrogen (secondary N) is 1. The van der Waals surface area contributed by atoms with E-state index in [-0.39, 0.29) is 5.91 Å². The van der Waals surface area contributed by atoms with Crippen LogP contribution in [0.3, 0.4) is 0 Å². The maximum absolute atomic E-state index is 12.4. The van der Waals surface area contributed by atoms with Crippen LogP contribution < -0.4 is 10.2 Å². The van der Waals surface area contributed by atoms with Crippen molar-refractivity contribution in [3.05, 3.63) is 126 Å². The van der Waals surface area contributed by atoms with Crippen LogP contribution in [-0.4, -0.2) is 12.1 Å². The van der Waals surface area contributed by atoms with Gasteiger partial charge in [-0.3, -0.25) is 4.79 Å². The number of fused-ring (bicyclic) bond motifs is 2. The number of hydrazone groups is 1. The highest BCUT2D eigenvalue weighted by Gasteiger charge is 2.05. The van der Waals surface area contributed by atoms with Crippen LogP contribution in [0.1, 0.15) is 21.5 Å². The summed E-state index contributed by atoms with van der Waals surface area (Å²) in [4.78, 5) is 12.4. The molecule has 0 spiro atoms. The summed E-state index contributed by atoms with van der Waals surface area (Å²) in [5.41, 5.74) is 5.18. The van der Waals surface area contributed by atoms with Crippen molar-refractivity contribution in [1.29, 1.82) is 0 Å². The molecule has 0 radical (unpaired) electrons. The molecule has 0 saturated carbocycles. The second-order valence-corrected chi connectivity index (χ2v) is 7.76. The maximum atomic E-state index is 12.4. The standard InChI is InChI=1S/C29H22N2O2/c32-29(25-15-14-22-6-1-2-8-24(22)18-25)31-30-19-21-12-16-27(17-13-21)33-20-26-10-5-9-23-7-3-4-11-28(23)26/h1-19H,20H2,(H,31,32)/b30-19-. The van der Waals surface area contributed by atoms with Crippen molar-refractivity contribution in [2.75, 3.05) is 0 Å². The second kappa shape index (κ2) is 9.37. The number of carbonyl (C=O) groups excluding carboxylic acids is 1. The Labute approximate surface area is 192 Å². The van der Waals surface area contributed by atoms with Crippen molar-refractivity contribution < 1.29 is 9.53 Å². The molecule has 33 heavy (non-hydrogen) atoms. The van der Waals surface area contributed by atoms with Crippen LogP contribution in [0.2, 0.25) is 0 Å². The molecule has 0 aliphatic heterocycles. The quantitative estimate of drug-likeness (QED) is 0.253. The van der Waals surface area contributed by atoms with E-state index in [1.807, 2.05) is 78.9 Å². The van der Waals surface area contributed by atoms with Crippen LogP contribution >= 0.6 is 0 Å². The molecule has 0 saturated heterocycles. The largest absolute Gasteiger partial charge is 0.489 e.